The van der Waals surface area contributed by atoms with Crippen molar-refractivity contribution in [2.24, 2.45) is 0 Å². The SMILES string of the molecule is CC1(C)c2ccccc2-c2cc(-c3nc(-c4ccccc4)nc(-c4ccc(-c5cccnc5)cc4)n3)ccc21. The zero-order valence-corrected chi connectivity index (χ0v) is 21.8. The zero-order valence-electron chi connectivity index (χ0n) is 21.8. The van der Waals surface area contributed by atoms with E-state index in [9.17, 15) is 0 Å². The molecule has 0 radical (unpaired) electrons. The maximum absolute atomic E-state index is 4.99. The Balaban J connectivity index is 1.36. The Kier molecular flexibility index (Phi) is 5.41. The van der Waals surface area contributed by atoms with Gasteiger partial charge in [0.25, 0.3) is 0 Å². The molecule has 0 saturated carbocycles. The molecule has 0 aliphatic heterocycles. The minimum absolute atomic E-state index is 0.0417. The number of nitrogens with zero attached hydrogens (tertiary/aromatic N) is 4. The Bertz CT molecular complexity index is 1810. The van der Waals surface area contributed by atoms with Crippen molar-refractivity contribution in [1.82, 2.24) is 19.9 Å². The van der Waals surface area contributed by atoms with Crippen molar-refractivity contribution >= 4 is 0 Å². The number of fused-ring (bicyclic) bond motifs is 3. The largest absolute Gasteiger partial charge is 0.264 e. The predicted octanol–water partition coefficient (Wildman–Crippen LogP) is 8.24. The average molecular weight is 503 g/mol. The second kappa shape index (κ2) is 9.10. The van der Waals surface area contributed by atoms with E-state index in [2.05, 4.69) is 91.6 Å². The molecule has 0 spiro atoms. The zero-order chi connectivity index (χ0) is 26.4. The van der Waals surface area contributed by atoms with Crippen molar-refractivity contribution in [1.29, 1.82) is 0 Å². The van der Waals surface area contributed by atoms with Gasteiger partial charge in [0, 0.05) is 34.5 Å². The highest BCUT2D eigenvalue weighted by Gasteiger charge is 2.35. The molecule has 1 aliphatic carbocycles. The highest BCUT2D eigenvalue weighted by Crippen LogP contribution is 2.49. The number of aromatic nitrogens is 4. The van der Waals surface area contributed by atoms with Crippen molar-refractivity contribution in [3.63, 3.8) is 0 Å². The van der Waals surface area contributed by atoms with E-state index in [1.54, 1.807) is 6.20 Å². The normalized spacial score (nSPS) is 13.1. The summed E-state index contributed by atoms with van der Waals surface area (Å²) in [6.07, 6.45) is 3.66. The van der Waals surface area contributed by atoms with E-state index >= 15 is 0 Å². The molecule has 0 fully saturated rings. The van der Waals surface area contributed by atoms with Crippen molar-refractivity contribution in [2.75, 3.05) is 0 Å². The molecule has 4 heteroatoms. The van der Waals surface area contributed by atoms with Gasteiger partial charge in [0.05, 0.1) is 0 Å². The van der Waals surface area contributed by atoms with E-state index in [4.69, 9.17) is 15.0 Å². The first kappa shape index (κ1) is 23.2. The van der Waals surface area contributed by atoms with Gasteiger partial charge in [-0.1, -0.05) is 111 Å². The molecule has 7 rings (SSSR count). The predicted molar refractivity (Wildman–Crippen MR) is 157 cm³/mol. The molecule has 4 aromatic carbocycles. The lowest BCUT2D eigenvalue weighted by Crippen LogP contribution is -2.14. The van der Waals surface area contributed by atoms with Gasteiger partial charge in [-0.3, -0.25) is 4.98 Å². The summed E-state index contributed by atoms with van der Waals surface area (Å²) in [5, 5.41) is 0. The van der Waals surface area contributed by atoms with E-state index in [0.717, 1.165) is 27.8 Å². The van der Waals surface area contributed by atoms with Gasteiger partial charge in [-0.2, -0.15) is 0 Å². The van der Waals surface area contributed by atoms with Crippen LogP contribution < -0.4 is 0 Å². The summed E-state index contributed by atoms with van der Waals surface area (Å²) in [6, 6.07) is 37.7. The van der Waals surface area contributed by atoms with Gasteiger partial charge >= 0.3 is 0 Å². The van der Waals surface area contributed by atoms with Crippen molar-refractivity contribution in [2.45, 2.75) is 19.3 Å². The summed E-state index contributed by atoms with van der Waals surface area (Å²) in [5.41, 5.74) is 10.2. The lowest BCUT2D eigenvalue weighted by atomic mass is 9.82. The minimum Gasteiger partial charge on any atom is -0.264 e. The number of rotatable bonds is 4. The Morgan fingerprint density at radius 2 is 1.03 bits per heavy atom. The van der Waals surface area contributed by atoms with Crippen molar-refractivity contribution < 1.29 is 0 Å². The van der Waals surface area contributed by atoms with Crippen LogP contribution in [0.4, 0.5) is 0 Å². The van der Waals surface area contributed by atoms with E-state index < -0.39 is 0 Å². The van der Waals surface area contributed by atoms with Crippen LogP contribution in [0.1, 0.15) is 25.0 Å². The van der Waals surface area contributed by atoms with Crippen LogP contribution in [-0.2, 0) is 5.41 Å². The number of benzene rings is 4. The molecule has 39 heavy (non-hydrogen) atoms. The summed E-state index contributed by atoms with van der Waals surface area (Å²) in [7, 11) is 0. The Morgan fingerprint density at radius 1 is 0.462 bits per heavy atom. The highest BCUT2D eigenvalue weighted by atomic mass is 15.0. The van der Waals surface area contributed by atoms with Crippen LogP contribution in [0.15, 0.2) is 122 Å². The van der Waals surface area contributed by atoms with Crippen molar-refractivity contribution in [3.05, 3.63) is 133 Å². The first-order valence-corrected chi connectivity index (χ1v) is 13.1. The summed E-state index contributed by atoms with van der Waals surface area (Å²) in [6.45, 7) is 4.59. The van der Waals surface area contributed by atoms with Gasteiger partial charge < -0.3 is 0 Å². The second-order valence-electron chi connectivity index (χ2n) is 10.4. The molecule has 4 nitrogen and oxygen atoms in total. The Hall–Kier alpha value is -4.96. The third kappa shape index (κ3) is 4.02. The van der Waals surface area contributed by atoms with Gasteiger partial charge in [-0.25, -0.2) is 15.0 Å². The first-order valence-electron chi connectivity index (χ1n) is 13.1. The lowest BCUT2D eigenvalue weighted by Gasteiger charge is -2.21. The molecule has 1 aliphatic rings. The van der Waals surface area contributed by atoms with E-state index in [0.29, 0.717) is 17.5 Å². The van der Waals surface area contributed by atoms with Crippen LogP contribution in [0.3, 0.4) is 0 Å². The molecule has 0 atom stereocenters. The average Bonchev–Trinajstić information content (AvgIpc) is 3.24. The molecule has 0 saturated heterocycles. The summed E-state index contributed by atoms with van der Waals surface area (Å²) in [5.74, 6) is 1.98. The molecule has 0 amide bonds. The van der Waals surface area contributed by atoms with Crippen molar-refractivity contribution in [3.8, 4) is 56.4 Å². The highest BCUT2D eigenvalue weighted by molar-refractivity contribution is 5.84. The van der Waals surface area contributed by atoms with Crippen LogP contribution >= 0.6 is 0 Å². The van der Waals surface area contributed by atoms with Gasteiger partial charge in [0.15, 0.2) is 17.5 Å². The van der Waals surface area contributed by atoms with Crippen LogP contribution in [0, 0.1) is 0 Å². The summed E-state index contributed by atoms with van der Waals surface area (Å²) >= 11 is 0. The van der Waals surface area contributed by atoms with Crippen LogP contribution in [-0.4, -0.2) is 19.9 Å². The smallest absolute Gasteiger partial charge is 0.164 e. The molecule has 186 valence electrons. The van der Waals surface area contributed by atoms with E-state index in [1.165, 1.54) is 22.3 Å². The lowest BCUT2D eigenvalue weighted by molar-refractivity contribution is 0.660. The molecular weight excluding hydrogens is 476 g/mol. The maximum atomic E-state index is 4.99. The Morgan fingerprint density at radius 3 is 1.74 bits per heavy atom. The molecule has 0 N–H and O–H groups in total. The fourth-order valence-electron chi connectivity index (χ4n) is 5.55. The quantitative estimate of drug-likeness (QED) is 0.244. The maximum Gasteiger partial charge on any atom is 0.164 e. The molecule has 2 aromatic heterocycles. The van der Waals surface area contributed by atoms with Gasteiger partial charge in [-0.15, -0.1) is 0 Å². The Labute approximate surface area is 228 Å². The summed E-state index contributed by atoms with van der Waals surface area (Å²) in [4.78, 5) is 19.1. The van der Waals surface area contributed by atoms with Crippen LogP contribution in [0.2, 0.25) is 0 Å². The minimum atomic E-state index is -0.0417. The third-order valence-electron chi connectivity index (χ3n) is 7.65. The molecule has 2 heterocycles. The first-order chi connectivity index (χ1) is 19.1. The fourth-order valence-corrected chi connectivity index (χ4v) is 5.55. The third-order valence-corrected chi connectivity index (χ3v) is 7.65. The molecule has 0 bridgehead atoms. The van der Waals surface area contributed by atoms with Gasteiger partial charge in [0.1, 0.15) is 0 Å². The number of hydrogen-bond acceptors (Lipinski definition) is 4. The van der Waals surface area contributed by atoms with Gasteiger partial charge in [0.2, 0.25) is 0 Å². The van der Waals surface area contributed by atoms with E-state index in [-0.39, 0.29) is 5.41 Å². The number of pyridine rings is 1. The standard InChI is InChI=1S/C35H26N4/c1-35(2)30-13-7-6-12-28(30)29-21-26(18-19-31(29)35)34-38-32(24-9-4-3-5-10-24)37-33(39-34)25-16-14-23(15-17-25)27-11-8-20-36-22-27/h3-22H,1-2H3. The summed E-state index contributed by atoms with van der Waals surface area (Å²) < 4.78 is 0. The number of hydrogen-bond donors (Lipinski definition) is 0. The molecular formula is C35H26N4. The second-order valence-corrected chi connectivity index (χ2v) is 10.4. The molecule has 0 unspecified atom stereocenters. The van der Waals surface area contributed by atoms with Crippen LogP contribution in [0.5, 0.6) is 0 Å². The van der Waals surface area contributed by atoms with Crippen LogP contribution in [0.25, 0.3) is 56.4 Å². The topological polar surface area (TPSA) is 51.6 Å². The van der Waals surface area contributed by atoms with Gasteiger partial charge in [-0.05, 0) is 45.5 Å². The fraction of sp³-hybridized carbons (Fsp3) is 0.0857. The molecule has 6 aromatic rings. The monoisotopic (exact) mass is 502 g/mol. The van der Waals surface area contributed by atoms with E-state index in [1.807, 2.05) is 42.6 Å².